The van der Waals surface area contributed by atoms with Crippen LogP contribution in [0.3, 0.4) is 0 Å². The summed E-state index contributed by atoms with van der Waals surface area (Å²) < 4.78 is 5.58. The maximum atomic E-state index is 11.4. The van der Waals surface area contributed by atoms with Gasteiger partial charge in [-0.05, 0) is 13.3 Å². The molecule has 0 spiro atoms. The van der Waals surface area contributed by atoms with Crippen molar-refractivity contribution in [2.75, 3.05) is 32.8 Å². The van der Waals surface area contributed by atoms with Gasteiger partial charge in [0.25, 0.3) is 0 Å². The fraction of sp³-hybridized carbons (Fsp3) is 0.900. The van der Waals surface area contributed by atoms with Crippen molar-refractivity contribution in [3.63, 3.8) is 0 Å². The molecule has 2 rings (SSSR count). The van der Waals surface area contributed by atoms with Gasteiger partial charge >= 0.3 is 6.03 Å². The lowest BCUT2D eigenvalue weighted by atomic mass is 10.2. The first kappa shape index (κ1) is 10.7. The molecule has 2 fully saturated rings. The topological polar surface area (TPSA) is 53.6 Å². The van der Waals surface area contributed by atoms with E-state index in [9.17, 15) is 4.79 Å². The van der Waals surface area contributed by atoms with Crippen molar-refractivity contribution in [2.24, 2.45) is 0 Å². The Morgan fingerprint density at radius 3 is 3.07 bits per heavy atom. The second-order valence-corrected chi connectivity index (χ2v) is 4.28. The fourth-order valence-electron chi connectivity index (χ4n) is 2.06. The van der Waals surface area contributed by atoms with Gasteiger partial charge in [0, 0.05) is 32.2 Å². The minimum atomic E-state index is 0.0614. The summed E-state index contributed by atoms with van der Waals surface area (Å²) in [5, 5.41) is 6.17. The maximum absolute atomic E-state index is 11.4. The van der Waals surface area contributed by atoms with Gasteiger partial charge in [0.05, 0.1) is 12.7 Å². The molecule has 0 aromatic rings. The Morgan fingerprint density at radius 2 is 2.47 bits per heavy atom. The lowest BCUT2D eigenvalue weighted by molar-refractivity contribution is 0.0201. The van der Waals surface area contributed by atoms with Crippen LogP contribution in [-0.4, -0.2) is 55.9 Å². The summed E-state index contributed by atoms with van der Waals surface area (Å²) in [5.41, 5.74) is 0. The summed E-state index contributed by atoms with van der Waals surface area (Å²) >= 11 is 0. The molecule has 2 atom stereocenters. The van der Waals surface area contributed by atoms with Gasteiger partial charge in [-0.2, -0.15) is 0 Å². The standard InChI is InChI=1S/C10H19N3O2/c1-8-7-13(10(14)12-8)4-2-9-6-11-3-5-15-9/h8-9,11H,2-7H2,1H3,(H,12,14). The summed E-state index contributed by atoms with van der Waals surface area (Å²) in [5.74, 6) is 0. The monoisotopic (exact) mass is 213 g/mol. The number of urea groups is 1. The molecular formula is C10H19N3O2. The zero-order valence-electron chi connectivity index (χ0n) is 9.16. The highest BCUT2D eigenvalue weighted by molar-refractivity contribution is 5.76. The third kappa shape index (κ3) is 2.82. The van der Waals surface area contributed by atoms with Gasteiger partial charge in [-0.25, -0.2) is 4.79 Å². The number of carbonyl (C=O) groups excluding carboxylic acids is 1. The molecule has 2 saturated heterocycles. The number of hydrogen-bond donors (Lipinski definition) is 2. The summed E-state index contributed by atoms with van der Waals surface area (Å²) in [6.07, 6.45) is 1.19. The second-order valence-electron chi connectivity index (χ2n) is 4.28. The van der Waals surface area contributed by atoms with Crippen LogP contribution < -0.4 is 10.6 Å². The Labute approximate surface area is 90.1 Å². The van der Waals surface area contributed by atoms with E-state index in [4.69, 9.17) is 4.74 Å². The van der Waals surface area contributed by atoms with Crippen molar-refractivity contribution in [3.05, 3.63) is 0 Å². The highest BCUT2D eigenvalue weighted by atomic mass is 16.5. The zero-order chi connectivity index (χ0) is 10.7. The van der Waals surface area contributed by atoms with E-state index >= 15 is 0 Å². The largest absolute Gasteiger partial charge is 0.376 e. The third-order valence-corrected chi connectivity index (χ3v) is 2.88. The number of ether oxygens (including phenoxy) is 1. The Bertz CT molecular complexity index is 229. The van der Waals surface area contributed by atoms with Crippen molar-refractivity contribution >= 4 is 6.03 Å². The molecule has 0 aromatic heterocycles. The van der Waals surface area contributed by atoms with Crippen LogP contribution >= 0.6 is 0 Å². The Balaban J connectivity index is 1.70. The molecule has 0 saturated carbocycles. The van der Waals surface area contributed by atoms with Crippen molar-refractivity contribution < 1.29 is 9.53 Å². The maximum Gasteiger partial charge on any atom is 0.317 e. The number of morpholine rings is 1. The molecule has 5 nitrogen and oxygen atoms in total. The van der Waals surface area contributed by atoms with Crippen LogP contribution in [0.5, 0.6) is 0 Å². The van der Waals surface area contributed by atoms with Gasteiger partial charge < -0.3 is 20.3 Å². The van der Waals surface area contributed by atoms with E-state index in [0.29, 0.717) is 0 Å². The summed E-state index contributed by atoms with van der Waals surface area (Å²) in [4.78, 5) is 13.3. The van der Waals surface area contributed by atoms with Crippen LogP contribution in [0.1, 0.15) is 13.3 Å². The first-order valence-corrected chi connectivity index (χ1v) is 5.63. The fourth-order valence-corrected chi connectivity index (χ4v) is 2.06. The first-order valence-electron chi connectivity index (χ1n) is 5.63. The van der Waals surface area contributed by atoms with Gasteiger partial charge in [0.1, 0.15) is 0 Å². The second kappa shape index (κ2) is 4.81. The molecule has 2 N–H and O–H groups in total. The molecule has 0 radical (unpaired) electrons. The van der Waals surface area contributed by atoms with Crippen molar-refractivity contribution in [3.8, 4) is 0 Å². The molecule has 0 aliphatic carbocycles. The zero-order valence-corrected chi connectivity index (χ0v) is 9.16. The molecule has 15 heavy (non-hydrogen) atoms. The van der Waals surface area contributed by atoms with E-state index in [2.05, 4.69) is 10.6 Å². The van der Waals surface area contributed by atoms with Gasteiger partial charge in [-0.3, -0.25) is 0 Å². The summed E-state index contributed by atoms with van der Waals surface area (Å²) in [7, 11) is 0. The number of rotatable bonds is 3. The SMILES string of the molecule is CC1CN(CCC2CNCCO2)C(=O)N1. The average Bonchev–Trinajstić information content (AvgIpc) is 2.56. The molecule has 5 heteroatoms. The van der Waals surface area contributed by atoms with Gasteiger partial charge in [0.2, 0.25) is 0 Å². The Morgan fingerprint density at radius 1 is 1.60 bits per heavy atom. The van der Waals surface area contributed by atoms with E-state index in [1.807, 2.05) is 11.8 Å². The van der Waals surface area contributed by atoms with Gasteiger partial charge in [-0.1, -0.05) is 0 Å². The first-order chi connectivity index (χ1) is 7.25. The molecule has 86 valence electrons. The average molecular weight is 213 g/mol. The van der Waals surface area contributed by atoms with Crippen LogP contribution in [0.4, 0.5) is 4.79 Å². The predicted molar refractivity (Wildman–Crippen MR) is 56.8 cm³/mol. The predicted octanol–water partition coefficient (Wildman–Crippen LogP) is -0.221. The van der Waals surface area contributed by atoms with E-state index in [1.54, 1.807) is 0 Å². The van der Waals surface area contributed by atoms with Crippen LogP contribution in [-0.2, 0) is 4.74 Å². The van der Waals surface area contributed by atoms with Crippen molar-refractivity contribution in [1.82, 2.24) is 15.5 Å². The Hall–Kier alpha value is -0.810. The van der Waals surface area contributed by atoms with Crippen molar-refractivity contribution in [2.45, 2.75) is 25.5 Å². The van der Waals surface area contributed by atoms with Crippen LogP contribution in [0, 0.1) is 0 Å². The number of amides is 2. The molecule has 2 aliphatic heterocycles. The summed E-state index contributed by atoms with van der Waals surface area (Å²) in [6.45, 7) is 6.27. The van der Waals surface area contributed by atoms with E-state index < -0.39 is 0 Å². The minimum Gasteiger partial charge on any atom is -0.376 e. The highest BCUT2D eigenvalue weighted by Gasteiger charge is 2.26. The molecule has 2 unspecified atom stereocenters. The molecule has 0 aromatic carbocycles. The summed E-state index contributed by atoms with van der Waals surface area (Å²) in [6, 6.07) is 0.342. The molecular weight excluding hydrogens is 194 g/mol. The quantitative estimate of drug-likeness (QED) is 0.681. The van der Waals surface area contributed by atoms with Crippen LogP contribution in [0.2, 0.25) is 0 Å². The molecule has 2 amide bonds. The van der Waals surface area contributed by atoms with Crippen LogP contribution in [0.15, 0.2) is 0 Å². The minimum absolute atomic E-state index is 0.0614. The van der Waals surface area contributed by atoms with E-state index in [-0.39, 0.29) is 18.2 Å². The smallest absolute Gasteiger partial charge is 0.317 e. The number of nitrogens with one attached hydrogen (secondary N) is 2. The van der Waals surface area contributed by atoms with Gasteiger partial charge in [-0.15, -0.1) is 0 Å². The Kier molecular flexibility index (Phi) is 3.43. The highest BCUT2D eigenvalue weighted by Crippen LogP contribution is 2.08. The normalized spacial score (nSPS) is 31.8. The molecule has 0 bridgehead atoms. The van der Waals surface area contributed by atoms with Crippen LogP contribution in [0.25, 0.3) is 0 Å². The number of carbonyl (C=O) groups is 1. The van der Waals surface area contributed by atoms with Crippen molar-refractivity contribution in [1.29, 1.82) is 0 Å². The molecule has 2 aliphatic rings. The number of nitrogens with zero attached hydrogens (tertiary/aromatic N) is 1. The van der Waals surface area contributed by atoms with E-state index in [1.165, 1.54) is 0 Å². The molecule has 2 heterocycles. The lowest BCUT2D eigenvalue weighted by Gasteiger charge is -2.25. The lowest BCUT2D eigenvalue weighted by Crippen LogP contribution is -2.41. The number of hydrogen-bond acceptors (Lipinski definition) is 3. The van der Waals surface area contributed by atoms with Gasteiger partial charge in [0.15, 0.2) is 0 Å². The van der Waals surface area contributed by atoms with E-state index in [0.717, 1.165) is 39.2 Å². The third-order valence-electron chi connectivity index (χ3n) is 2.88.